The van der Waals surface area contributed by atoms with Crippen molar-refractivity contribution in [3.05, 3.63) is 53.2 Å². The summed E-state index contributed by atoms with van der Waals surface area (Å²) < 4.78 is 26.8. The molecule has 0 aliphatic carbocycles. The zero-order chi connectivity index (χ0) is 14.8. The molecular formula is C13H13ClN2O3S. The maximum Gasteiger partial charge on any atom is 0.263 e. The van der Waals surface area contributed by atoms with E-state index in [1.165, 1.54) is 18.3 Å². The summed E-state index contributed by atoms with van der Waals surface area (Å²) in [5, 5.41) is 9.71. The first-order valence-corrected chi connectivity index (χ1v) is 7.67. The van der Waals surface area contributed by atoms with Gasteiger partial charge in [-0.2, -0.15) is 0 Å². The predicted molar refractivity (Wildman–Crippen MR) is 77.1 cm³/mol. The lowest BCUT2D eigenvalue weighted by Crippen LogP contribution is -2.14. The van der Waals surface area contributed by atoms with Gasteiger partial charge in [-0.3, -0.25) is 4.72 Å². The lowest BCUT2D eigenvalue weighted by molar-refractivity contribution is 0.199. The van der Waals surface area contributed by atoms with Crippen LogP contribution in [0.25, 0.3) is 0 Å². The number of benzene rings is 1. The number of pyridine rings is 1. The van der Waals surface area contributed by atoms with Gasteiger partial charge in [-0.25, -0.2) is 13.4 Å². The minimum Gasteiger partial charge on any atom is -0.389 e. The summed E-state index contributed by atoms with van der Waals surface area (Å²) in [6, 6.07) is 9.20. The summed E-state index contributed by atoms with van der Waals surface area (Å²) >= 11 is 5.87. The fourth-order valence-corrected chi connectivity index (χ4v) is 2.90. The van der Waals surface area contributed by atoms with Gasteiger partial charge < -0.3 is 5.11 Å². The van der Waals surface area contributed by atoms with Crippen LogP contribution in [0.4, 0.5) is 5.82 Å². The Balaban J connectivity index is 2.36. The van der Waals surface area contributed by atoms with Crippen LogP contribution in [0.1, 0.15) is 18.6 Å². The Bertz CT molecular complexity index is 717. The van der Waals surface area contributed by atoms with Crippen molar-refractivity contribution < 1.29 is 13.5 Å². The number of rotatable bonds is 4. The third kappa shape index (κ3) is 3.27. The van der Waals surface area contributed by atoms with Crippen molar-refractivity contribution in [1.82, 2.24) is 4.98 Å². The number of hydrogen-bond donors (Lipinski definition) is 2. The molecular weight excluding hydrogens is 300 g/mol. The Labute approximate surface area is 122 Å². The van der Waals surface area contributed by atoms with Crippen LogP contribution in [0.2, 0.25) is 5.02 Å². The average Bonchev–Trinajstić information content (AvgIpc) is 2.41. The lowest BCUT2D eigenvalue weighted by Gasteiger charge is -2.10. The third-order valence-electron chi connectivity index (χ3n) is 2.64. The van der Waals surface area contributed by atoms with E-state index < -0.39 is 16.1 Å². The summed E-state index contributed by atoms with van der Waals surface area (Å²) in [4.78, 5) is 3.91. The van der Waals surface area contributed by atoms with Crippen LogP contribution in [-0.4, -0.2) is 18.5 Å². The average molecular weight is 313 g/mol. The number of aliphatic hydroxyl groups excluding tert-OH is 1. The molecule has 2 N–H and O–H groups in total. The van der Waals surface area contributed by atoms with E-state index in [0.717, 1.165) is 0 Å². The van der Waals surface area contributed by atoms with Gasteiger partial charge in [0.2, 0.25) is 0 Å². The minimum absolute atomic E-state index is 0.0395. The Hall–Kier alpha value is -1.63. The molecule has 0 saturated heterocycles. The number of halogens is 1. The molecule has 5 nitrogen and oxygen atoms in total. The highest BCUT2D eigenvalue weighted by Crippen LogP contribution is 2.23. The van der Waals surface area contributed by atoms with E-state index in [1.807, 2.05) is 0 Å². The molecule has 0 aliphatic rings. The molecule has 0 spiro atoms. The van der Waals surface area contributed by atoms with E-state index >= 15 is 0 Å². The Kier molecular flexibility index (Phi) is 4.27. The van der Waals surface area contributed by atoms with Gasteiger partial charge in [-0.1, -0.05) is 23.7 Å². The number of aromatic nitrogens is 1. The summed E-state index contributed by atoms with van der Waals surface area (Å²) in [6.45, 7) is 1.56. The highest BCUT2D eigenvalue weighted by Gasteiger charge is 2.17. The van der Waals surface area contributed by atoms with E-state index in [4.69, 9.17) is 11.6 Å². The molecule has 0 aliphatic heterocycles. The Morgan fingerprint density at radius 2 is 2.05 bits per heavy atom. The van der Waals surface area contributed by atoms with E-state index in [0.29, 0.717) is 5.56 Å². The summed E-state index contributed by atoms with van der Waals surface area (Å²) in [5.74, 6) is 0.0663. The SMILES string of the molecule is CC(O)c1cccc(S(=O)(=O)Nc2ncccc2Cl)c1. The fourth-order valence-electron chi connectivity index (χ4n) is 1.59. The number of nitrogens with zero attached hydrogens (tertiary/aromatic N) is 1. The van der Waals surface area contributed by atoms with Gasteiger partial charge in [0, 0.05) is 6.20 Å². The predicted octanol–water partition coefficient (Wildman–Crippen LogP) is 2.59. The fraction of sp³-hybridized carbons (Fsp3) is 0.154. The summed E-state index contributed by atoms with van der Waals surface area (Å²) in [6.07, 6.45) is 0.694. The van der Waals surface area contributed by atoms with Crippen molar-refractivity contribution >= 4 is 27.4 Å². The quantitative estimate of drug-likeness (QED) is 0.909. The molecule has 0 bridgehead atoms. The van der Waals surface area contributed by atoms with Gasteiger partial charge in [0.1, 0.15) is 0 Å². The third-order valence-corrected chi connectivity index (χ3v) is 4.28. The Morgan fingerprint density at radius 3 is 2.70 bits per heavy atom. The van der Waals surface area contributed by atoms with Crippen molar-refractivity contribution in [2.24, 2.45) is 0 Å². The first kappa shape index (κ1) is 14.8. The van der Waals surface area contributed by atoms with E-state index in [9.17, 15) is 13.5 Å². The molecule has 1 aromatic carbocycles. The second-order valence-corrected chi connectivity index (χ2v) is 6.28. The molecule has 0 radical (unpaired) electrons. The van der Waals surface area contributed by atoms with Gasteiger partial charge in [0.25, 0.3) is 10.0 Å². The van der Waals surface area contributed by atoms with E-state index in [1.54, 1.807) is 31.2 Å². The van der Waals surface area contributed by atoms with Crippen LogP contribution >= 0.6 is 11.6 Å². The zero-order valence-corrected chi connectivity index (χ0v) is 12.2. The number of aliphatic hydroxyl groups is 1. The molecule has 1 heterocycles. The van der Waals surface area contributed by atoms with Crippen molar-refractivity contribution in [3.8, 4) is 0 Å². The van der Waals surface area contributed by atoms with Crippen LogP contribution in [0, 0.1) is 0 Å². The molecule has 2 rings (SSSR count). The standard InChI is InChI=1S/C13H13ClN2O3S/c1-9(17)10-4-2-5-11(8-10)20(18,19)16-13-12(14)6-3-7-15-13/h2-9,17H,1H3,(H,15,16). The van der Waals surface area contributed by atoms with Gasteiger partial charge in [-0.05, 0) is 36.8 Å². The van der Waals surface area contributed by atoms with Crippen LogP contribution in [0.5, 0.6) is 0 Å². The highest BCUT2D eigenvalue weighted by molar-refractivity contribution is 7.92. The molecule has 2 aromatic rings. The first-order chi connectivity index (χ1) is 9.40. The van der Waals surface area contributed by atoms with Crippen LogP contribution in [0.15, 0.2) is 47.5 Å². The van der Waals surface area contributed by atoms with Crippen molar-refractivity contribution in [2.45, 2.75) is 17.9 Å². The molecule has 1 unspecified atom stereocenters. The summed E-state index contributed by atoms with van der Waals surface area (Å²) in [5.41, 5.74) is 0.514. The van der Waals surface area contributed by atoms with Crippen molar-refractivity contribution in [3.63, 3.8) is 0 Å². The number of hydrogen-bond acceptors (Lipinski definition) is 4. The van der Waals surface area contributed by atoms with Crippen LogP contribution < -0.4 is 4.72 Å². The molecule has 106 valence electrons. The van der Waals surface area contributed by atoms with Crippen molar-refractivity contribution in [2.75, 3.05) is 4.72 Å². The van der Waals surface area contributed by atoms with Crippen LogP contribution in [-0.2, 0) is 10.0 Å². The topological polar surface area (TPSA) is 79.3 Å². The number of sulfonamides is 1. The van der Waals surface area contributed by atoms with E-state index in [-0.39, 0.29) is 15.7 Å². The van der Waals surface area contributed by atoms with Crippen molar-refractivity contribution in [1.29, 1.82) is 0 Å². The zero-order valence-electron chi connectivity index (χ0n) is 10.6. The number of anilines is 1. The highest BCUT2D eigenvalue weighted by atomic mass is 35.5. The molecule has 0 saturated carbocycles. The van der Waals surface area contributed by atoms with Gasteiger partial charge in [0.15, 0.2) is 5.82 Å². The molecule has 0 fully saturated rings. The number of nitrogens with one attached hydrogen (secondary N) is 1. The molecule has 20 heavy (non-hydrogen) atoms. The van der Waals surface area contributed by atoms with Gasteiger partial charge in [0.05, 0.1) is 16.0 Å². The van der Waals surface area contributed by atoms with Crippen LogP contribution in [0.3, 0.4) is 0 Å². The Morgan fingerprint density at radius 1 is 1.30 bits per heavy atom. The second-order valence-electron chi connectivity index (χ2n) is 4.19. The second kappa shape index (κ2) is 5.78. The normalized spacial score (nSPS) is 12.9. The molecule has 1 aromatic heterocycles. The van der Waals surface area contributed by atoms with Gasteiger partial charge >= 0.3 is 0 Å². The van der Waals surface area contributed by atoms with Gasteiger partial charge in [-0.15, -0.1) is 0 Å². The maximum atomic E-state index is 12.2. The largest absolute Gasteiger partial charge is 0.389 e. The first-order valence-electron chi connectivity index (χ1n) is 5.81. The molecule has 0 amide bonds. The monoisotopic (exact) mass is 312 g/mol. The summed E-state index contributed by atoms with van der Waals surface area (Å²) in [7, 11) is -3.80. The minimum atomic E-state index is -3.80. The smallest absolute Gasteiger partial charge is 0.263 e. The molecule has 1 atom stereocenters. The maximum absolute atomic E-state index is 12.2. The van der Waals surface area contributed by atoms with E-state index in [2.05, 4.69) is 9.71 Å². The lowest BCUT2D eigenvalue weighted by atomic mass is 10.1. The molecule has 7 heteroatoms.